The van der Waals surface area contributed by atoms with Gasteiger partial charge in [0.1, 0.15) is 5.69 Å². The number of aliphatic hydroxyl groups excluding tert-OH is 1. The topological polar surface area (TPSA) is 33.1 Å². The van der Waals surface area contributed by atoms with Gasteiger partial charge in [-0.3, -0.25) is 0 Å². The van der Waals surface area contributed by atoms with E-state index in [1.807, 2.05) is 22.6 Å². The molecular formula is C7H5F2I2NO. The lowest BCUT2D eigenvalue weighted by Gasteiger charge is -2.06. The minimum atomic E-state index is -2.59. The number of hydrogen-bond acceptors (Lipinski definition) is 2. The van der Waals surface area contributed by atoms with E-state index in [2.05, 4.69) is 4.98 Å². The number of pyridine rings is 1. The Kier molecular flexibility index (Phi) is 4.23. The van der Waals surface area contributed by atoms with E-state index >= 15 is 0 Å². The fraction of sp³-hybridized carbons (Fsp3) is 0.286. The highest BCUT2D eigenvalue weighted by molar-refractivity contribution is 14.1. The van der Waals surface area contributed by atoms with Gasteiger partial charge in [0.2, 0.25) is 0 Å². The Morgan fingerprint density at radius 3 is 2.46 bits per heavy atom. The van der Waals surface area contributed by atoms with Gasteiger partial charge in [0.15, 0.2) is 0 Å². The van der Waals surface area contributed by atoms with E-state index < -0.39 is 6.43 Å². The van der Waals surface area contributed by atoms with Gasteiger partial charge in [-0.25, -0.2) is 13.8 Å². The van der Waals surface area contributed by atoms with Crippen LogP contribution in [0.4, 0.5) is 8.78 Å². The maximum absolute atomic E-state index is 12.3. The summed E-state index contributed by atoms with van der Waals surface area (Å²) in [6.07, 6.45) is -2.59. The fourth-order valence-electron chi connectivity index (χ4n) is 0.785. The fourth-order valence-corrected chi connectivity index (χ4v) is 2.65. The van der Waals surface area contributed by atoms with Crippen LogP contribution in [0.1, 0.15) is 17.8 Å². The maximum Gasteiger partial charge on any atom is 0.281 e. The van der Waals surface area contributed by atoms with Crippen LogP contribution in [0.2, 0.25) is 0 Å². The summed E-state index contributed by atoms with van der Waals surface area (Å²) in [6, 6.07) is 1.58. The van der Waals surface area contributed by atoms with Gasteiger partial charge in [-0.15, -0.1) is 0 Å². The molecule has 0 aromatic carbocycles. The molecule has 2 nitrogen and oxygen atoms in total. The Bertz CT molecular complexity index is 320. The summed E-state index contributed by atoms with van der Waals surface area (Å²) in [5.74, 6) is 0. The average Bonchev–Trinajstić information content (AvgIpc) is 2.03. The molecule has 0 bridgehead atoms. The quantitative estimate of drug-likeness (QED) is 0.760. The molecule has 0 spiro atoms. The predicted molar refractivity (Wildman–Crippen MR) is 60.6 cm³/mol. The second kappa shape index (κ2) is 4.78. The van der Waals surface area contributed by atoms with Gasteiger partial charge >= 0.3 is 0 Å². The van der Waals surface area contributed by atoms with Crippen molar-refractivity contribution in [3.8, 4) is 0 Å². The average molecular weight is 411 g/mol. The third-order valence-corrected chi connectivity index (χ3v) is 3.18. The molecular weight excluding hydrogens is 406 g/mol. The zero-order chi connectivity index (χ0) is 10.0. The lowest BCUT2D eigenvalue weighted by molar-refractivity contribution is 0.144. The lowest BCUT2D eigenvalue weighted by atomic mass is 10.3. The van der Waals surface area contributed by atoms with Gasteiger partial charge in [0.05, 0.1) is 12.3 Å². The van der Waals surface area contributed by atoms with E-state index in [9.17, 15) is 8.78 Å². The van der Waals surface area contributed by atoms with Crippen LogP contribution in [0.3, 0.4) is 0 Å². The SMILES string of the molecule is OCc1nc(C(F)F)c(I)cc1I. The first-order valence-corrected chi connectivity index (χ1v) is 5.45. The third kappa shape index (κ3) is 2.69. The predicted octanol–water partition coefficient (Wildman–Crippen LogP) is 2.72. The summed E-state index contributed by atoms with van der Waals surface area (Å²) in [5, 5.41) is 8.80. The summed E-state index contributed by atoms with van der Waals surface area (Å²) in [4.78, 5) is 3.67. The summed E-state index contributed by atoms with van der Waals surface area (Å²) in [6.45, 7) is -0.311. The summed E-state index contributed by atoms with van der Waals surface area (Å²) < 4.78 is 25.8. The molecule has 0 unspecified atom stereocenters. The molecule has 0 saturated heterocycles. The van der Waals surface area contributed by atoms with E-state index in [4.69, 9.17) is 5.11 Å². The Morgan fingerprint density at radius 1 is 1.38 bits per heavy atom. The molecule has 0 atom stereocenters. The van der Waals surface area contributed by atoms with Crippen molar-refractivity contribution < 1.29 is 13.9 Å². The highest BCUT2D eigenvalue weighted by atomic mass is 127. The molecule has 1 rings (SSSR count). The molecule has 72 valence electrons. The minimum absolute atomic E-state index is 0.259. The number of aliphatic hydroxyl groups is 1. The van der Waals surface area contributed by atoms with Crippen LogP contribution < -0.4 is 0 Å². The highest BCUT2D eigenvalue weighted by Gasteiger charge is 2.15. The van der Waals surface area contributed by atoms with Gasteiger partial charge in [-0.2, -0.15) is 0 Å². The van der Waals surface area contributed by atoms with Crippen molar-refractivity contribution in [2.45, 2.75) is 13.0 Å². The van der Waals surface area contributed by atoms with Crippen LogP contribution in [0.25, 0.3) is 0 Å². The normalized spacial score (nSPS) is 10.9. The molecule has 0 aliphatic rings. The van der Waals surface area contributed by atoms with Crippen molar-refractivity contribution in [2.24, 2.45) is 0 Å². The van der Waals surface area contributed by atoms with Gasteiger partial charge < -0.3 is 5.11 Å². The highest BCUT2D eigenvalue weighted by Crippen LogP contribution is 2.25. The smallest absolute Gasteiger partial charge is 0.281 e. The molecule has 0 radical (unpaired) electrons. The molecule has 1 aromatic rings. The second-order valence-corrected chi connectivity index (χ2v) is 4.57. The lowest BCUT2D eigenvalue weighted by Crippen LogP contribution is -2.02. The van der Waals surface area contributed by atoms with E-state index in [0.29, 0.717) is 12.8 Å². The molecule has 0 aliphatic heterocycles. The number of alkyl halides is 2. The van der Waals surface area contributed by atoms with Crippen LogP contribution in [-0.4, -0.2) is 10.1 Å². The van der Waals surface area contributed by atoms with Crippen LogP contribution in [0.15, 0.2) is 6.07 Å². The van der Waals surface area contributed by atoms with Gasteiger partial charge in [-0.1, -0.05) is 0 Å². The van der Waals surface area contributed by atoms with Crippen molar-refractivity contribution >= 4 is 45.2 Å². The van der Waals surface area contributed by atoms with Crippen molar-refractivity contribution in [3.05, 3.63) is 24.6 Å². The Hall–Kier alpha value is 0.430. The van der Waals surface area contributed by atoms with Crippen molar-refractivity contribution in [2.75, 3.05) is 0 Å². The van der Waals surface area contributed by atoms with Crippen LogP contribution in [-0.2, 0) is 6.61 Å². The third-order valence-electron chi connectivity index (χ3n) is 1.39. The van der Waals surface area contributed by atoms with Crippen LogP contribution in [0, 0.1) is 7.14 Å². The Labute approximate surface area is 101 Å². The number of halogens is 4. The second-order valence-electron chi connectivity index (χ2n) is 2.24. The zero-order valence-electron chi connectivity index (χ0n) is 6.27. The largest absolute Gasteiger partial charge is 0.390 e. The number of hydrogen-bond donors (Lipinski definition) is 1. The standard InChI is InChI=1S/C7H5F2I2NO/c8-7(9)6-4(11)1-3(10)5(2-13)12-6/h1,7,13H,2H2. The first kappa shape index (κ1) is 11.5. The summed E-state index contributed by atoms with van der Waals surface area (Å²) in [5.41, 5.74) is 0.0429. The minimum Gasteiger partial charge on any atom is -0.390 e. The van der Waals surface area contributed by atoms with E-state index in [-0.39, 0.29) is 12.3 Å². The molecule has 1 aromatic heterocycles. The van der Waals surface area contributed by atoms with Crippen molar-refractivity contribution in [1.29, 1.82) is 0 Å². The van der Waals surface area contributed by atoms with E-state index in [1.165, 1.54) is 0 Å². The molecule has 0 fully saturated rings. The van der Waals surface area contributed by atoms with Crippen molar-refractivity contribution in [1.82, 2.24) is 4.98 Å². The van der Waals surface area contributed by atoms with Crippen LogP contribution in [0.5, 0.6) is 0 Å². The Morgan fingerprint density at radius 2 is 2.00 bits per heavy atom. The molecule has 0 saturated carbocycles. The monoisotopic (exact) mass is 411 g/mol. The van der Waals surface area contributed by atoms with Gasteiger partial charge in [-0.05, 0) is 51.2 Å². The maximum atomic E-state index is 12.3. The molecule has 0 amide bonds. The Balaban J connectivity index is 3.22. The molecule has 6 heteroatoms. The van der Waals surface area contributed by atoms with E-state index in [1.54, 1.807) is 28.7 Å². The summed E-state index contributed by atoms with van der Waals surface area (Å²) >= 11 is 3.76. The van der Waals surface area contributed by atoms with Crippen LogP contribution >= 0.6 is 45.2 Å². The van der Waals surface area contributed by atoms with Gasteiger partial charge in [0.25, 0.3) is 6.43 Å². The van der Waals surface area contributed by atoms with Crippen molar-refractivity contribution in [3.63, 3.8) is 0 Å². The molecule has 13 heavy (non-hydrogen) atoms. The number of aromatic nitrogens is 1. The number of rotatable bonds is 2. The first-order chi connectivity index (χ1) is 6.06. The zero-order valence-corrected chi connectivity index (χ0v) is 10.6. The molecule has 0 aliphatic carbocycles. The number of nitrogens with zero attached hydrogens (tertiary/aromatic N) is 1. The van der Waals surface area contributed by atoms with Gasteiger partial charge in [0, 0.05) is 7.14 Å². The first-order valence-electron chi connectivity index (χ1n) is 3.30. The summed E-state index contributed by atoms with van der Waals surface area (Å²) in [7, 11) is 0. The van der Waals surface area contributed by atoms with E-state index in [0.717, 1.165) is 0 Å². The molecule has 1 N–H and O–H groups in total. The molecule has 1 heterocycles.